The van der Waals surface area contributed by atoms with E-state index in [1.54, 1.807) is 4.68 Å². The lowest BCUT2D eigenvalue weighted by atomic mass is 10.0. The lowest BCUT2D eigenvalue weighted by Gasteiger charge is -2.25. The highest BCUT2D eigenvalue weighted by atomic mass is 16.1. The fourth-order valence-electron chi connectivity index (χ4n) is 3.24. The second-order valence-electron chi connectivity index (χ2n) is 7.50. The van der Waals surface area contributed by atoms with E-state index in [0.717, 1.165) is 11.3 Å². The van der Waals surface area contributed by atoms with Crippen LogP contribution in [0.1, 0.15) is 33.2 Å². The Morgan fingerprint density at radius 1 is 1.04 bits per heavy atom. The molecule has 146 valence electrons. The van der Waals surface area contributed by atoms with Crippen LogP contribution >= 0.6 is 0 Å². The van der Waals surface area contributed by atoms with Gasteiger partial charge in [-0.25, -0.2) is 0 Å². The number of rotatable bonds is 6. The minimum Gasteiger partial charge on any atom is -0.349 e. The molecule has 3 aromatic rings. The van der Waals surface area contributed by atoms with E-state index in [1.165, 1.54) is 16.7 Å². The van der Waals surface area contributed by atoms with Gasteiger partial charge >= 0.3 is 0 Å². The number of likely N-dealkylation sites (N-methyl/N-ethyl adjacent to an activating group) is 1. The fourth-order valence-corrected chi connectivity index (χ4v) is 3.24. The SMILES string of the molecule is Cc1ccc(-c2cc(C(=O)NCC(c3ccc(C)cc3)N(C)C)nn2C)cc1. The van der Waals surface area contributed by atoms with E-state index in [1.807, 2.05) is 39.3 Å². The van der Waals surface area contributed by atoms with Crippen LogP contribution in [0, 0.1) is 13.8 Å². The molecule has 2 aromatic carbocycles. The third-order valence-electron chi connectivity index (χ3n) is 5.00. The van der Waals surface area contributed by atoms with E-state index in [9.17, 15) is 4.79 Å². The van der Waals surface area contributed by atoms with Crippen LogP contribution < -0.4 is 5.32 Å². The Morgan fingerprint density at radius 3 is 2.18 bits per heavy atom. The third-order valence-corrected chi connectivity index (χ3v) is 5.00. The predicted octanol–water partition coefficient (Wildman–Crippen LogP) is 3.74. The van der Waals surface area contributed by atoms with Crippen molar-refractivity contribution in [2.24, 2.45) is 7.05 Å². The average Bonchev–Trinajstić information content (AvgIpc) is 3.05. The van der Waals surface area contributed by atoms with E-state index in [4.69, 9.17) is 0 Å². The number of amides is 1. The molecule has 0 saturated carbocycles. The number of hydrogen-bond acceptors (Lipinski definition) is 3. The molecule has 1 aromatic heterocycles. The molecule has 0 saturated heterocycles. The number of nitrogens with zero attached hydrogens (tertiary/aromatic N) is 3. The molecular weight excluding hydrogens is 348 g/mol. The Bertz CT molecular complexity index is 940. The largest absolute Gasteiger partial charge is 0.349 e. The quantitative estimate of drug-likeness (QED) is 0.713. The summed E-state index contributed by atoms with van der Waals surface area (Å²) in [5.74, 6) is -0.159. The van der Waals surface area contributed by atoms with Crippen LogP contribution in [0.15, 0.2) is 54.6 Å². The molecule has 5 heteroatoms. The first kappa shape index (κ1) is 19.8. The molecule has 3 rings (SSSR count). The zero-order valence-corrected chi connectivity index (χ0v) is 17.2. The van der Waals surface area contributed by atoms with Gasteiger partial charge in [0.2, 0.25) is 0 Å². The molecule has 28 heavy (non-hydrogen) atoms. The van der Waals surface area contributed by atoms with E-state index in [-0.39, 0.29) is 11.9 Å². The third kappa shape index (κ3) is 4.49. The van der Waals surface area contributed by atoms with Gasteiger partial charge in [-0.05, 0) is 45.1 Å². The zero-order valence-electron chi connectivity index (χ0n) is 17.2. The standard InChI is InChI=1S/C23H28N4O/c1-16-6-10-18(11-7-16)21-14-20(25-27(21)5)23(28)24-15-22(26(3)4)19-12-8-17(2)9-13-19/h6-14,22H,15H2,1-5H3,(H,24,28). The van der Waals surface area contributed by atoms with Gasteiger partial charge in [-0.2, -0.15) is 5.10 Å². The van der Waals surface area contributed by atoms with Crippen molar-refractivity contribution in [1.82, 2.24) is 20.0 Å². The summed E-state index contributed by atoms with van der Waals surface area (Å²) in [6.45, 7) is 4.65. The van der Waals surface area contributed by atoms with E-state index >= 15 is 0 Å². The molecule has 1 heterocycles. The second kappa shape index (κ2) is 8.40. The molecule has 1 N–H and O–H groups in total. The van der Waals surface area contributed by atoms with Gasteiger partial charge in [-0.1, -0.05) is 59.7 Å². The average molecular weight is 377 g/mol. The van der Waals surface area contributed by atoms with Gasteiger partial charge in [0.1, 0.15) is 0 Å². The highest BCUT2D eigenvalue weighted by molar-refractivity contribution is 5.93. The van der Waals surface area contributed by atoms with Crippen LogP contribution in [0.5, 0.6) is 0 Å². The van der Waals surface area contributed by atoms with Crippen LogP contribution in [-0.4, -0.2) is 41.2 Å². The monoisotopic (exact) mass is 376 g/mol. The number of carbonyl (C=O) groups is 1. The Hall–Kier alpha value is -2.92. The first-order chi connectivity index (χ1) is 13.3. The number of aryl methyl sites for hydroxylation is 3. The summed E-state index contributed by atoms with van der Waals surface area (Å²) in [5.41, 5.74) is 6.01. The number of carbonyl (C=O) groups excluding carboxylic acids is 1. The van der Waals surface area contributed by atoms with Gasteiger partial charge in [-0.15, -0.1) is 0 Å². The number of aromatic nitrogens is 2. The normalized spacial score (nSPS) is 12.2. The molecule has 0 aliphatic rings. The molecule has 1 atom stereocenters. The molecule has 0 aliphatic carbocycles. The first-order valence-electron chi connectivity index (χ1n) is 9.47. The molecule has 0 bridgehead atoms. The molecule has 0 aliphatic heterocycles. The maximum Gasteiger partial charge on any atom is 0.271 e. The molecule has 0 spiro atoms. The summed E-state index contributed by atoms with van der Waals surface area (Å²) >= 11 is 0. The van der Waals surface area contributed by atoms with Crippen molar-refractivity contribution < 1.29 is 4.79 Å². The number of benzene rings is 2. The van der Waals surface area contributed by atoms with Crippen molar-refractivity contribution in [1.29, 1.82) is 0 Å². The molecule has 5 nitrogen and oxygen atoms in total. The Kier molecular flexibility index (Phi) is 5.95. The predicted molar refractivity (Wildman–Crippen MR) is 113 cm³/mol. The second-order valence-corrected chi connectivity index (χ2v) is 7.50. The molecule has 1 unspecified atom stereocenters. The van der Waals surface area contributed by atoms with Gasteiger partial charge in [0.15, 0.2) is 5.69 Å². The molecular formula is C23H28N4O. The van der Waals surface area contributed by atoms with Gasteiger partial charge in [-0.3, -0.25) is 9.48 Å². The summed E-state index contributed by atoms with van der Waals surface area (Å²) in [5, 5.41) is 7.45. The van der Waals surface area contributed by atoms with Crippen molar-refractivity contribution in [3.63, 3.8) is 0 Å². The number of nitrogens with one attached hydrogen (secondary N) is 1. The zero-order chi connectivity index (χ0) is 20.3. The van der Waals surface area contributed by atoms with Crippen LogP contribution in [0.25, 0.3) is 11.3 Å². The Balaban J connectivity index is 1.73. The van der Waals surface area contributed by atoms with Crippen LogP contribution in [0.2, 0.25) is 0 Å². The van der Waals surface area contributed by atoms with Crippen LogP contribution in [-0.2, 0) is 7.05 Å². The van der Waals surface area contributed by atoms with Gasteiger partial charge < -0.3 is 10.2 Å². The lowest BCUT2D eigenvalue weighted by molar-refractivity contribution is 0.0936. The number of hydrogen-bond donors (Lipinski definition) is 1. The summed E-state index contributed by atoms with van der Waals surface area (Å²) in [6.07, 6.45) is 0. The van der Waals surface area contributed by atoms with Crippen molar-refractivity contribution in [3.05, 3.63) is 77.0 Å². The van der Waals surface area contributed by atoms with Crippen molar-refractivity contribution >= 4 is 5.91 Å². The maximum atomic E-state index is 12.7. The fraction of sp³-hybridized carbons (Fsp3) is 0.304. The smallest absolute Gasteiger partial charge is 0.271 e. The van der Waals surface area contributed by atoms with E-state index in [0.29, 0.717) is 12.2 Å². The van der Waals surface area contributed by atoms with Crippen molar-refractivity contribution in [2.75, 3.05) is 20.6 Å². The first-order valence-corrected chi connectivity index (χ1v) is 9.47. The van der Waals surface area contributed by atoms with Crippen molar-refractivity contribution in [3.8, 4) is 11.3 Å². The highest BCUT2D eigenvalue weighted by Gasteiger charge is 2.18. The lowest BCUT2D eigenvalue weighted by Crippen LogP contribution is -2.34. The van der Waals surface area contributed by atoms with Gasteiger partial charge in [0.05, 0.1) is 11.7 Å². The van der Waals surface area contributed by atoms with E-state index in [2.05, 4.69) is 65.6 Å². The minimum atomic E-state index is -0.159. The topological polar surface area (TPSA) is 50.2 Å². The summed E-state index contributed by atoms with van der Waals surface area (Å²) in [4.78, 5) is 14.8. The maximum absolute atomic E-state index is 12.7. The van der Waals surface area contributed by atoms with Gasteiger partial charge in [0, 0.05) is 13.6 Å². The van der Waals surface area contributed by atoms with Gasteiger partial charge in [0.25, 0.3) is 5.91 Å². The Morgan fingerprint density at radius 2 is 1.61 bits per heavy atom. The molecule has 1 amide bonds. The van der Waals surface area contributed by atoms with Crippen LogP contribution in [0.3, 0.4) is 0 Å². The molecule has 0 fully saturated rings. The minimum absolute atomic E-state index is 0.102. The Labute approximate surface area is 167 Å². The summed E-state index contributed by atoms with van der Waals surface area (Å²) in [7, 11) is 5.90. The molecule has 0 radical (unpaired) electrons. The van der Waals surface area contributed by atoms with E-state index < -0.39 is 0 Å². The summed E-state index contributed by atoms with van der Waals surface area (Å²) in [6, 6.07) is 18.6. The highest BCUT2D eigenvalue weighted by Crippen LogP contribution is 2.21. The van der Waals surface area contributed by atoms with Crippen LogP contribution in [0.4, 0.5) is 0 Å². The summed E-state index contributed by atoms with van der Waals surface area (Å²) < 4.78 is 1.75. The van der Waals surface area contributed by atoms with Crippen molar-refractivity contribution in [2.45, 2.75) is 19.9 Å².